The van der Waals surface area contributed by atoms with Crippen LogP contribution in [-0.2, 0) is 9.47 Å². The zero-order valence-electron chi connectivity index (χ0n) is 6.28. The van der Waals surface area contributed by atoms with E-state index in [2.05, 4.69) is 4.74 Å². The molecule has 0 saturated carbocycles. The van der Waals surface area contributed by atoms with Crippen LogP contribution in [0, 0.1) is 0 Å². The lowest BCUT2D eigenvalue weighted by atomic mass is 10.2. The Bertz CT molecular complexity index is 130. The van der Waals surface area contributed by atoms with Crippen molar-refractivity contribution in [1.29, 1.82) is 0 Å². The van der Waals surface area contributed by atoms with E-state index in [9.17, 15) is 4.79 Å². The molecule has 1 unspecified atom stereocenters. The summed E-state index contributed by atoms with van der Waals surface area (Å²) in [6, 6.07) is 0. The first-order valence-corrected chi connectivity index (χ1v) is 3.76. The van der Waals surface area contributed by atoms with Gasteiger partial charge in [-0.25, -0.2) is 4.79 Å². The fraction of sp³-hybridized carbons (Fsp3) is 0.857. The Morgan fingerprint density at radius 3 is 2.91 bits per heavy atom. The third-order valence-corrected chi connectivity index (χ3v) is 1.55. The van der Waals surface area contributed by atoms with Crippen LogP contribution in [0.3, 0.4) is 0 Å². The second kappa shape index (κ2) is 4.18. The number of hydrogen-bond acceptors (Lipinski definition) is 3. The van der Waals surface area contributed by atoms with Crippen molar-refractivity contribution in [3.63, 3.8) is 0 Å². The molecule has 0 aromatic heterocycles. The van der Waals surface area contributed by atoms with Gasteiger partial charge in [0.15, 0.2) is 0 Å². The van der Waals surface area contributed by atoms with E-state index in [0.29, 0.717) is 12.7 Å². The predicted molar refractivity (Wildman–Crippen MR) is 37.6 cm³/mol. The number of carboxylic acid groups (broad SMARTS) is 1. The first-order valence-electron chi connectivity index (χ1n) is 3.76. The summed E-state index contributed by atoms with van der Waals surface area (Å²) < 4.78 is 9.30. The van der Waals surface area contributed by atoms with Gasteiger partial charge in [-0.3, -0.25) is 0 Å². The van der Waals surface area contributed by atoms with Crippen molar-refractivity contribution in [1.82, 2.24) is 0 Å². The summed E-state index contributed by atoms with van der Waals surface area (Å²) in [5.74, 6) is 0. The lowest BCUT2D eigenvalue weighted by Gasteiger charge is -1.98. The van der Waals surface area contributed by atoms with Gasteiger partial charge in [0.1, 0.15) is 0 Å². The summed E-state index contributed by atoms with van der Waals surface area (Å²) in [5, 5.41) is 8.09. The van der Waals surface area contributed by atoms with Crippen LogP contribution in [0.5, 0.6) is 0 Å². The Kier molecular flexibility index (Phi) is 3.16. The largest absolute Gasteiger partial charge is 0.505 e. The fourth-order valence-corrected chi connectivity index (χ4v) is 0.868. The van der Waals surface area contributed by atoms with Crippen molar-refractivity contribution in [3.8, 4) is 0 Å². The van der Waals surface area contributed by atoms with Gasteiger partial charge in [0, 0.05) is 0 Å². The number of ether oxygens (including phenoxy) is 2. The number of unbranched alkanes of at least 4 members (excludes halogenated alkanes) is 1. The van der Waals surface area contributed by atoms with Crippen LogP contribution in [-0.4, -0.2) is 30.6 Å². The summed E-state index contributed by atoms with van der Waals surface area (Å²) in [7, 11) is 0. The first kappa shape index (κ1) is 8.33. The molecule has 11 heavy (non-hydrogen) atoms. The molecule has 0 radical (unpaired) electrons. The van der Waals surface area contributed by atoms with Crippen LogP contribution in [0.1, 0.15) is 19.3 Å². The van der Waals surface area contributed by atoms with Gasteiger partial charge in [-0.1, -0.05) is 0 Å². The molecular weight excluding hydrogens is 148 g/mol. The summed E-state index contributed by atoms with van der Waals surface area (Å²) in [4.78, 5) is 9.86. The molecule has 0 aromatic carbocycles. The van der Waals surface area contributed by atoms with Crippen LogP contribution in [0.4, 0.5) is 4.79 Å². The smallest absolute Gasteiger partial charge is 0.450 e. The predicted octanol–water partition coefficient (Wildman–Crippen LogP) is 1.25. The SMILES string of the molecule is O=C(O)OCCCCC1CO1. The molecule has 1 saturated heterocycles. The monoisotopic (exact) mass is 160 g/mol. The van der Waals surface area contributed by atoms with Crippen molar-refractivity contribution in [2.45, 2.75) is 25.4 Å². The highest BCUT2D eigenvalue weighted by molar-refractivity contribution is 5.56. The lowest BCUT2D eigenvalue weighted by Crippen LogP contribution is -2.01. The van der Waals surface area contributed by atoms with Crippen LogP contribution in [0.25, 0.3) is 0 Å². The minimum atomic E-state index is -1.19. The maximum Gasteiger partial charge on any atom is 0.505 e. The van der Waals surface area contributed by atoms with Crippen molar-refractivity contribution < 1.29 is 19.4 Å². The Hall–Kier alpha value is -0.770. The second-order valence-corrected chi connectivity index (χ2v) is 2.57. The van der Waals surface area contributed by atoms with E-state index in [-0.39, 0.29) is 0 Å². The van der Waals surface area contributed by atoms with Gasteiger partial charge >= 0.3 is 6.16 Å². The van der Waals surface area contributed by atoms with Gasteiger partial charge in [-0.2, -0.15) is 0 Å². The molecule has 0 bridgehead atoms. The van der Waals surface area contributed by atoms with E-state index in [1.165, 1.54) is 0 Å². The third kappa shape index (κ3) is 4.61. The van der Waals surface area contributed by atoms with Crippen LogP contribution in [0.2, 0.25) is 0 Å². The second-order valence-electron chi connectivity index (χ2n) is 2.57. The molecule has 1 atom stereocenters. The quantitative estimate of drug-likeness (QED) is 0.373. The molecule has 1 fully saturated rings. The molecular formula is C7H12O4. The van der Waals surface area contributed by atoms with E-state index >= 15 is 0 Å². The molecule has 0 amide bonds. The van der Waals surface area contributed by atoms with Crippen molar-refractivity contribution in [2.24, 2.45) is 0 Å². The highest BCUT2D eigenvalue weighted by Crippen LogP contribution is 2.16. The Morgan fingerprint density at radius 2 is 2.36 bits per heavy atom. The van der Waals surface area contributed by atoms with E-state index < -0.39 is 6.16 Å². The molecule has 4 heteroatoms. The zero-order valence-corrected chi connectivity index (χ0v) is 6.28. The average Bonchev–Trinajstić information content (AvgIpc) is 2.70. The normalized spacial score (nSPS) is 21.3. The number of carbonyl (C=O) groups is 1. The average molecular weight is 160 g/mol. The highest BCUT2D eigenvalue weighted by Gasteiger charge is 2.20. The molecule has 1 N–H and O–H groups in total. The van der Waals surface area contributed by atoms with Crippen molar-refractivity contribution in [2.75, 3.05) is 13.2 Å². The van der Waals surface area contributed by atoms with Gasteiger partial charge < -0.3 is 14.6 Å². The first-order chi connectivity index (χ1) is 5.29. The molecule has 0 aromatic rings. The highest BCUT2D eigenvalue weighted by atomic mass is 16.7. The maximum atomic E-state index is 9.86. The number of epoxide rings is 1. The van der Waals surface area contributed by atoms with Crippen molar-refractivity contribution >= 4 is 6.16 Å². The molecule has 1 heterocycles. The zero-order chi connectivity index (χ0) is 8.10. The van der Waals surface area contributed by atoms with Crippen LogP contribution < -0.4 is 0 Å². The molecule has 4 nitrogen and oxygen atoms in total. The number of hydrogen-bond donors (Lipinski definition) is 1. The van der Waals surface area contributed by atoms with E-state index in [0.717, 1.165) is 25.9 Å². The molecule has 1 aliphatic rings. The Morgan fingerprint density at radius 1 is 1.64 bits per heavy atom. The Balaban J connectivity index is 1.76. The maximum absolute atomic E-state index is 9.86. The molecule has 0 spiro atoms. The minimum absolute atomic E-state index is 0.308. The molecule has 1 rings (SSSR count). The van der Waals surface area contributed by atoms with Gasteiger partial charge in [0.25, 0.3) is 0 Å². The van der Waals surface area contributed by atoms with Gasteiger partial charge in [0.05, 0.1) is 19.3 Å². The summed E-state index contributed by atoms with van der Waals surface area (Å²) >= 11 is 0. The van der Waals surface area contributed by atoms with Crippen molar-refractivity contribution in [3.05, 3.63) is 0 Å². The standard InChI is InChI=1S/C7H12O4/c8-7(9)10-4-2-1-3-6-5-11-6/h6H,1-5H2,(H,8,9). The van der Waals surface area contributed by atoms with Crippen LogP contribution in [0.15, 0.2) is 0 Å². The number of rotatable bonds is 5. The lowest BCUT2D eigenvalue weighted by molar-refractivity contribution is 0.0899. The molecule has 1 aliphatic heterocycles. The molecule has 64 valence electrons. The fourth-order valence-electron chi connectivity index (χ4n) is 0.868. The summed E-state index contributed by atoms with van der Waals surface area (Å²) in [5.41, 5.74) is 0. The minimum Gasteiger partial charge on any atom is -0.450 e. The van der Waals surface area contributed by atoms with E-state index in [4.69, 9.17) is 9.84 Å². The third-order valence-electron chi connectivity index (χ3n) is 1.55. The van der Waals surface area contributed by atoms with Gasteiger partial charge in [-0.05, 0) is 19.3 Å². The Labute approximate surface area is 65.1 Å². The van der Waals surface area contributed by atoms with Gasteiger partial charge in [0.2, 0.25) is 0 Å². The van der Waals surface area contributed by atoms with Gasteiger partial charge in [-0.15, -0.1) is 0 Å². The summed E-state index contributed by atoms with van der Waals surface area (Å²) in [6.07, 6.45) is 2.07. The van der Waals surface area contributed by atoms with E-state index in [1.54, 1.807) is 0 Å². The summed E-state index contributed by atoms with van der Waals surface area (Å²) in [6.45, 7) is 1.18. The van der Waals surface area contributed by atoms with Crippen LogP contribution >= 0.6 is 0 Å². The van der Waals surface area contributed by atoms with E-state index in [1.807, 2.05) is 0 Å². The topological polar surface area (TPSA) is 59.1 Å². The molecule has 0 aliphatic carbocycles.